The first-order valence-corrected chi connectivity index (χ1v) is 5.82. The van der Waals surface area contributed by atoms with Crippen LogP contribution < -0.4 is 5.32 Å². The fourth-order valence-electron chi connectivity index (χ4n) is 1.66. The van der Waals surface area contributed by atoms with Gasteiger partial charge in [0.2, 0.25) is 0 Å². The molecule has 0 aliphatic carbocycles. The lowest BCUT2D eigenvalue weighted by atomic mass is 10.1. The summed E-state index contributed by atoms with van der Waals surface area (Å²) in [5.74, 6) is 0.334. The maximum atomic E-state index is 13.8. The summed E-state index contributed by atoms with van der Waals surface area (Å²) in [5, 5.41) is 2.90. The van der Waals surface area contributed by atoms with Crippen LogP contribution in [0, 0.1) is 19.7 Å². The molecule has 94 valence electrons. The summed E-state index contributed by atoms with van der Waals surface area (Å²) in [6.07, 6.45) is 3.40. The summed E-state index contributed by atoms with van der Waals surface area (Å²) in [4.78, 5) is 12.5. The first kappa shape index (κ1) is 12.4. The Bertz CT molecular complexity index is 569. The van der Waals surface area contributed by atoms with Gasteiger partial charge in [-0.3, -0.25) is 4.98 Å². The largest absolute Gasteiger partial charge is 0.368 e. The van der Waals surface area contributed by atoms with Crippen LogP contribution in [0.3, 0.4) is 0 Å². The van der Waals surface area contributed by atoms with Crippen molar-refractivity contribution in [3.63, 3.8) is 0 Å². The zero-order valence-electron chi connectivity index (χ0n) is 10.7. The molecule has 0 aromatic carbocycles. The van der Waals surface area contributed by atoms with Gasteiger partial charge in [-0.2, -0.15) is 0 Å². The Kier molecular flexibility index (Phi) is 3.50. The fourth-order valence-corrected chi connectivity index (χ4v) is 1.66. The summed E-state index contributed by atoms with van der Waals surface area (Å²) in [6, 6.07) is 1.88. The molecule has 2 rings (SSSR count). The van der Waals surface area contributed by atoms with E-state index in [-0.39, 0.29) is 5.82 Å². The molecule has 0 amide bonds. The monoisotopic (exact) mass is 246 g/mol. The molecule has 0 bridgehead atoms. The second-order valence-electron chi connectivity index (χ2n) is 4.02. The number of hydrogen-bond acceptors (Lipinski definition) is 4. The van der Waals surface area contributed by atoms with Crippen molar-refractivity contribution in [1.82, 2.24) is 15.0 Å². The van der Waals surface area contributed by atoms with Crippen LogP contribution in [-0.2, 0) is 0 Å². The van der Waals surface area contributed by atoms with Crippen molar-refractivity contribution in [1.29, 1.82) is 0 Å². The van der Waals surface area contributed by atoms with E-state index in [2.05, 4.69) is 20.3 Å². The Morgan fingerprint density at radius 2 is 2.06 bits per heavy atom. The third-order valence-corrected chi connectivity index (χ3v) is 2.64. The molecule has 0 aliphatic rings. The number of halogens is 1. The van der Waals surface area contributed by atoms with E-state index >= 15 is 0 Å². The van der Waals surface area contributed by atoms with E-state index in [1.165, 1.54) is 0 Å². The van der Waals surface area contributed by atoms with Crippen LogP contribution in [0.25, 0.3) is 11.4 Å². The van der Waals surface area contributed by atoms with Gasteiger partial charge in [-0.15, -0.1) is 0 Å². The number of aryl methyl sites for hydroxylation is 2. The number of hydrogen-bond donors (Lipinski definition) is 1. The molecular formula is C13H15FN4. The highest BCUT2D eigenvalue weighted by molar-refractivity contribution is 5.60. The van der Waals surface area contributed by atoms with Crippen molar-refractivity contribution in [2.24, 2.45) is 0 Å². The number of nitrogens with zero attached hydrogens (tertiary/aromatic N) is 3. The van der Waals surface area contributed by atoms with Crippen molar-refractivity contribution in [2.45, 2.75) is 20.8 Å². The standard InChI is InChI=1S/C13H15FN4/c1-4-16-13-11(14)9(3)17-12(18-13)10-7-15-6-5-8(10)2/h5-7H,4H2,1-3H3,(H,16,17,18). The highest BCUT2D eigenvalue weighted by Gasteiger charge is 2.13. The molecule has 0 saturated heterocycles. The van der Waals surface area contributed by atoms with Gasteiger partial charge in [0, 0.05) is 24.5 Å². The second kappa shape index (κ2) is 5.08. The zero-order chi connectivity index (χ0) is 13.1. The first-order chi connectivity index (χ1) is 8.63. The zero-order valence-corrected chi connectivity index (χ0v) is 10.7. The summed E-state index contributed by atoms with van der Waals surface area (Å²) in [5.41, 5.74) is 2.16. The molecule has 5 heteroatoms. The third-order valence-electron chi connectivity index (χ3n) is 2.64. The van der Waals surface area contributed by atoms with Crippen LogP contribution in [0.4, 0.5) is 10.2 Å². The highest BCUT2D eigenvalue weighted by atomic mass is 19.1. The van der Waals surface area contributed by atoms with Crippen molar-refractivity contribution in [2.75, 3.05) is 11.9 Å². The lowest BCUT2D eigenvalue weighted by Crippen LogP contribution is -2.07. The molecule has 4 nitrogen and oxygen atoms in total. The number of rotatable bonds is 3. The molecule has 2 aromatic rings. The minimum Gasteiger partial charge on any atom is -0.368 e. The van der Waals surface area contributed by atoms with Crippen molar-refractivity contribution >= 4 is 5.82 Å². The molecule has 2 aromatic heterocycles. The maximum Gasteiger partial charge on any atom is 0.186 e. The van der Waals surface area contributed by atoms with Gasteiger partial charge in [0.05, 0.1) is 5.69 Å². The summed E-state index contributed by atoms with van der Waals surface area (Å²) in [6.45, 7) is 6.09. The average Bonchev–Trinajstić information content (AvgIpc) is 2.35. The van der Waals surface area contributed by atoms with Crippen LogP contribution in [0.1, 0.15) is 18.2 Å². The van der Waals surface area contributed by atoms with Crippen LogP contribution in [0.5, 0.6) is 0 Å². The van der Waals surface area contributed by atoms with Gasteiger partial charge >= 0.3 is 0 Å². The second-order valence-corrected chi connectivity index (χ2v) is 4.02. The fraction of sp³-hybridized carbons (Fsp3) is 0.308. The van der Waals surface area contributed by atoms with E-state index in [1.54, 1.807) is 19.3 Å². The van der Waals surface area contributed by atoms with E-state index < -0.39 is 5.82 Å². The summed E-state index contributed by atoms with van der Waals surface area (Å²) >= 11 is 0. The quantitative estimate of drug-likeness (QED) is 0.904. The smallest absolute Gasteiger partial charge is 0.186 e. The van der Waals surface area contributed by atoms with Gasteiger partial charge < -0.3 is 5.32 Å². The Morgan fingerprint density at radius 3 is 2.72 bits per heavy atom. The van der Waals surface area contributed by atoms with Gasteiger partial charge in [0.15, 0.2) is 17.5 Å². The SMILES string of the molecule is CCNc1nc(-c2cnccc2C)nc(C)c1F. The van der Waals surface area contributed by atoms with E-state index in [9.17, 15) is 4.39 Å². The van der Waals surface area contributed by atoms with Gasteiger partial charge in [-0.05, 0) is 32.4 Å². The maximum absolute atomic E-state index is 13.8. The Morgan fingerprint density at radius 1 is 1.28 bits per heavy atom. The number of anilines is 1. The highest BCUT2D eigenvalue weighted by Crippen LogP contribution is 2.22. The van der Waals surface area contributed by atoms with Crippen LogP contribution >= 0.6 is 0 Å². The summed E-state index contributed by atoms with van der Waals surface area (Å²) in [7, 11) is 0. The normalized spacial score (nSPS) is 10.4. The van der Waals surface area contributed by atoms with Crippen molar-refractivity contribution in [3.8, 4) is 11.4 Å². The Labute approximate surface area is 105 Å². The number of aromatic nitrogens is 3. The molecule has 0 radical (unpaired) electrons. The molecule has 0 saturated carbocycles. The van der Waals surface area contributed by atoms with Crippen LogP contribution in [-0.4, -0.2) is 21.5 Å². The topological polar surface area (TPSA) is 50.7 Å². The third kappa shape index (κ3) is 2.30. The van der Waals surface area contributed by atoms with Gasteiger partial charge in [0.25, 0.3) is 0 Å². The molecule has 18 heavy (non-hydrogen) atoms. The average molecular weight is 246 g/mol. The lowest BCUT2D eigenvalue weighted by Gasteiger charge is -2.09. The van der Waals surface area contributed by atoms with Crippen LogP contribution in [0.15, 0.2) is 18.5 Å². The van der Waals surface area contributed by atoms with Gasteiger partial charge in [-0.1, -0.05) is 0 Å². The predicted octanol–water partition coefficient (Wildman–Crippen LogP) is 2.73. The van der Waals surface area contributed by atoms with Gasteiger partial charge in [-0.25, -0.2) is 14.4 Å². The molecule has 2 heterocycles. The molecule has 0 fully saturated rings. The Hall–Kier alpha value is -2.04. The lowest BCUT2D eigenvalue weighted by molar-refractivity contribution is 0.606. The molecule has 0 unspecified atom stereocenters. The molecule has 0 spiro atoms. The molecule has 0 atom stereocenters. The van der Waals surface area contributed by atoms with Crippen LogP contribution in [0.2, 0.25) is 0 Å². The van der Waals surface area contributed by atoms with Gasteiger partial charge in [0.1, 0.15) is 0 Å². The van der Waals surface area contributed by atoms with E-state index in [1.807, 2.05) is 19.9 Å². The minimum absolute atomic E-state index is 0.239. The molecule has 1 N–H and O–H groups in total. The first-order valence-electron chi connectivity index (χ1n) is 5.82. The minimum atomic E-state index is -0.401. The molecular weight excluding hydrogens is 231 g/mol. The van der Waals surface area contributed by atoms with E-state index in [4.69, 9.17) is 0 Å². The van der Waals surface area contributed by atoms with Crippen molar-refractivity contribution in [3.05, 3.63) is 35.5 Å². The molecule has 0 aliphatic heterocycles. The van der Waals surface area contributed by atoms with E-state index in [0.29, 0.717) is 18.1 Å². The number of pyridine rings is 1. The number of nitrogens with one attached hydrogen (secondary N) is 1. The van der Waals surface area contributed by atoms with Crippen molar-refractivity contribution < 1.29 is 4.39 Å². The van der Waals surface area contributed by atoms with E-state index in [0.717, 1.165) is 11.1 Å². The summed E-state index contributed by atoms with van der Waals surface area (Å²) < 4.78 is 13.8. The Balaban J connectivity index is 2.56. The predicted molar refractivity (Wildman–Crippen MR) is 68.9 cm³/mol.